The van der Waals surface area contributed by atoms with Crippen LogP contribution in [0.2, 0.25) is 0 Å². The molecule has 0 bridgehead atoms. The zero-order valence-electron chi connectivity index (χ0n) is 28.8. The first-order valence-corrected chi connectivity index (χ1v) is 16.9. The van der Waals surface area contributed by atoms with Crippen LogP contribution >= 0.6 is 0 Å². The molecule has 4 aromatic rings. The van der Waals surface area contributed by atoms with Crippen molar-refractivity contribution < 1.29 is 4.79 Å². The first-order chi connectivity index (χ1) is 22.0. The highest BCUT2D eigenvalue weighted by molar-refractivity contribution is 6.06. The zero-order valence-corrected chi connectivity index (χ0v) is 28.8. The molecule has 0 saturated carbocycles. The number of aliphatic imine (C=N–C) groups is 1. The third-order valence-corrected chi connectivity index (χ3v) is 9.74. The van der Waals surface area contributed by atoms with Gasteiger partial charge >= 0.3 is 0 Å². The standard InChI is InChI=1S/C43H50N2O/c1-31(2)38(46)25-10-9-17-30-44-39(42(3,4)36-24-18-21-32-19-13-15-22-34(32)36)26-11-8-12-27-40-43(5,6)41-35-23-16-14-20-33(35)28-29-37(41)45(40)7/h8,11-16,18-24,26-29,31H,9-10,17,25,30H2,1-7H3/b12-8+,26-11+,40-27+,44-39+. The van der Waals surface area contributed by atoms with Crippen LogP contribution in [0.15, 0.2) is 120 Å². The number of unbranched alkanes of at least 4 members (excludes halogenated alkanes) is 2. The number of hydrogen-bond donors (Lipinski definition) is 0. The third-order valence-electron chi connectivity index (χ3n) is 9.74. The normalized spacial score (nSPS) is 16.1. The molecule has 0 unspecified atom stereocenters. The second kappa shape index (κ2) is 14.0. The molecule has 238 valence electrons. The molecule has 46 heavy (non-hydrogen) atoms. The van der Waals surface area contributed by atoms with E-state index >= 15 is 0 Å². The highest BCUT2D eigenvalue weighted by atomic mass is 16.1. The highest BCUT2D eigenvalue weighted by Gasteiger charge is 2.39. The van der Waals surface area contributed by atoms with Crippen LogP contribution in [0.4, 0.5) is 5.69 Å². The average Bonchev–Trinajstić information content (AvgIpc) is 3.24. The highest BCUT2D eigenvalue weighted by Crippen LogP contribution is 2.49. The SMILES string of the molecule is CC(C)C(=O)CCCCC\N=C(/C=C/C=C/C=C1/N(C)c2ccc3ccccc3c2C1(C)C)C(C)(C)c1cccc2ccccc12. The number of carbonyl (C=O) groups is 1. The van der Waals surface area contributed by atoms with Crippen LogP contribution in [-0.2, 0) is 15.6 Å². The van der Waals surface area contributed by atoms with Gasteiger partial charge in [0.2, 0.25) is 0 Å². The van der Waals surface area contributed by atoms with Crippen LogP contribution in [0.3, 0.4) is 0 Å². The summed E-state index contributed by atoms with van der Waals surface area (Å²) >= 11 is 0. The molecule has 1 aliphatic rings. The van der Waals surface area contributed by atoms with Crippen LogP contribution in [0.25, 0.3) is 21.5 Å². The Kier molecular flexibility index (Phi) is 10.1. The first kappa shape index (κ1) is 33.1. The Morgan fingerprint density at radius 3 is 2.24 bits per heavy atom. The quantitative estimate of drug-likeness (QED) is 0.0908. The summed E-state index contributed by atoms with van der Waals surface area (Å²) in [5.74, 6) is 0.477. The lowest BCUT2D eigenvalue weighted by Crippen LogP contribution is -2.28. The van der Waals surface area contributed by atoms with Crippen molar-refractivity contribution in [3.63, 3.8) is 0 Å². The maximum absolute atomic E-state index is 12.0. The van der Waals surface area contributed by atoms with Crippen molar-refractivity contribution in [1.82, 2.24) is 0 Å². The second-order valence-corrected chi connectivity index (χ2v) is 14.0. The minimum Gasteiger partial charge on any atom is -0.347 e. The molecule has 0 fully saturated rings. The summed E-state index contributed by atoms with van der Waals surface area (Å²) in [5, 5.41) is 5.12. The van der Waals surface area contributed by atoms with E-state index in [1.807, 2.05) is 13.8 Å². The third kappa shape index (κ3) is 6.79. The van der Waals surface area contributed by atoms with Crippen molar-refractivity contribution in [1.29, 1.82) is 0 Å². The lowest BCUT2D eigenvalue weighted by Gasteiger charge is -2.27. The fourth-order valence-electron chi connectivity index (χ4n) is 6.99. The summed E-state index contributed by atoms with van der Waals surface area (Å²) < 4.78 is 0. The van der Waals surface area contributed by atoms with Crippen LogP contribution in [0.5, 0.6) is 0 Å². The number of Topliss-reactive ketones (excluding diaryl/α,β-unsaturated/α-hetero) is 1. The van der Waals surface area contributed by atoms with E-state index in [2.05, 4.69) is 149 Å². The Hall–Kier alpha value is -4.24. The van der Waals surface area contributed by atoms with E-state index in [0.29, 0.717) is 12.2 Å². The van der Waals surface area contributed by atoms with Gasteiger partial charge in [0, 0.05) is 53.9 Å². The maximum Gasteiger partial charge on any atom is 0.135 e. The largest absolute Gasteiger partial charge is 0.347 e. The number of hydrogen-bond acceptors (Lipinski definition) is 3. The predicted molar refractivity (Wildman–Crippen MR) is 199 cm³/mol. The molecular weight excluding hydrogens is 560 g/mol. The zero-order chi connectivity index (χ0) is 32.9. The second-order valence-electron chi connectivity index (χ2n) is 14.0. The first-order valence-electron chi connectivity index (χ1n) is 16.9. The number of fused-ring (bicyclic) bond motifs is 4. The molecule has 0 amide bonds. The van der Waals surface area contributed by atoms with Gasteiger partial charge in [0.25, 0.3) is 0 Å². The number of carbonyl (C=O) groups excluding carboxylic acids is 1. The van der Waals surface area contributed by atoms with Gasteiger partial charge in [-0.15, -0.1) is 0 Å². The van der Waals surface area contributed by atoms with E-state index in [9.17, 15) is 4.79 Å². The molecule has 0 atom stereocenters. The van der Waals surface area contributed by atoms with E-state index in [1.165, 1.54) is 44.1 Å². The van der Waals surface area contributed by atoms with Gasteiger partial charge in [-0.05, 0) is 63.7 Å². The van der Waals surface area contributed by atoms with Gasteiger partial charge in [0.1, 0.15) is 5.78 Å². The topological polar surface area (TPSA) is 32.7 Å². The van der Waals surface area contributed by atoms with Gasteiger partial charge in [-0.1, -0.05) is 139 Å². The van der Waals surface area contributed by atoms with Crippen molar-refractivity contribution in [2.45, 2.75) is 78.1 Å². The summed E-state index contributed by atoms with van der Waals surface area (Å²) in [6.45, 7) is 13.9. The molecule has 3 nitrogen and oxygen atoms in total. The van der Waals surface area contributed by atoms with Gasteiger partial charge in [-0.25, -0.2) is 0 Å². The molecule has 0 radical (unpaired) electrons. The lowest BCUT2D eigenvalue weighted by molar-refractivity contribution is -0.122. The van der Waals surface area contributed by atoms with E-state index in [1.54, 1.807) is 0 Å². The van der Waals surface area contributed by atoms with Crippen molar-refractivity contribution in [2.75, 3.05) is 18.5 Å². The van der Waals surface area contributed by atoms with E-state index < -0.39 is 0 Å². The molecule has 1 aliphatic heterocycles. The lowest BCUT2D eigenvalue weighted by atomic mass is 9.77. The van der Waals surface area contributed by atoms with Crippen LogP contribution in [-0.4, -0.2) is 25.1 Å². The molecular formula is C43H50N2O. The molecule has 0 spiro atoms. The predicted octanol–water partition coefficient (Wildman–Crippen LogP) is 10.9. The summed E-state index contributed by atoms with van der Waals surface area (Å²) in [7, 11) is 2.17. The number of benzene rings is 4. The molecule has 0 aromatic heterocycles. The van der Waals surface area contributed by atoms with Gasteiger partial charge in [-0.3, -0.25) is 9.79 Å². The number of anilines is 1. The van der Waals surface area contributed by atoms with Gasteiger partial charge in [0.05, 0.1) is 0 Å². The molecule has 3 heteroatoms. The number of rotatable bonds is 12. The van der Waals surface area contributed by atoms with Crippen molar-refractivity contribution >= 4 is 38.7 Å². The maximum atomic E-state index is 12.0. The summed E-state index contributed by atoms with van der Waals surface area (Å²) in [5.41, 5.74) is 5.90. The van der Waals surface area contributed by atoms with Gasteiger partial charge in [0.15, 0.2) is 0 Å². The monoisotopic (exact) mass is 610 g/mol. The summed E-state index contributed by atoms with van der Waals surface area (Å²) in [6, 6.07) is 28.4. The van der Waals surface area contributed by atoms with Crippen LogP contribution in [0, 0.1) is 5.92 Å². The molecule has 0 N–H and O–H groups in total. The van der Waals surface area contributed by atoms with E-state index in [0.717, 1.165) is 31.5 Å². The van der Waals surface area contributed by atoms with E-state index in [-0.39, 0.29) is 16.7 Å². The van der Waals surface area contributed by atoms with Crippen molar-refractivity contribution in [2.24, 2.45) is 10.9 Å². The summed E-state index contributed by atoms with van der Waals surface area (Å²) in [6.07, 6.45) is 14.5. The van der Waals surface area contributed by atoms with Gasteiger partial charge < -0.3 is 4.90 Å². The van der Waals surface area contributed by atoms with Crippen LogP contribution < -0.4 is 4.90 Å². The number of allylic oxidation sites excluding steroid dienone is 6. The fourth-order valence-corrected chi connectivity index (χ4v) is 6.99. The Morgan fingerprint density at radius 2 is 1.50 bits per heavy atom. The fraction of sp³-hybridized carbons (Fsp3) is 0.349. The van der Waals surface area contributed by atoms with Crippen molar-refractivity contribution in [3.05, 3.63) is 126 Å². The number of ketones is 1. The Labute approximate surface area is 276 Å². The average molecular weight is 611 g/mol. The van der Waals surface area contributed by atoms with Crippen molar-refractivity contribution in [3.8, 4) is 0 Å². The minimum atomic E-state index is -0.284. The minimum absolute atomic E-state index is 0.109. The number of likely N-dealkylation sites (N-methyl/N-ethyl adjacent to an activating group) is 1. The molecule has 1 heterocycles. The number of nitrogens with zero attached hydrogens (tertiary/aromatic N) is 2. The summed E-state index contributed by atoms with van der Waals surface area (Å²) in [4.78, 5) is 19.6. The molecule has 0 saturated heterocycles. The Morgan fingerprint density at radius 1 is 0.826 bits per heavy atom. The smallest absolute Gasteiger partial charge is 0.135 e. The Bertz CT molecular complexity index is 1830. The molecule has 0 aliphatic carbocycles. The molecule has 4 aromatic carbocycles. The Balaban J connectivity index is 1.38. The van der Waals surface area contributed by atoms with Gasteiger partial charge in [-0.2, -0.15) is 0 Å². The van der Waals surface area contributed by atoms with Crippen LogP contribution in [0.1, 0.15) is 78.4 Å². The van der Waals surface area contributed by atoms with E-state index in [4.69, 9.17) is 4.99 Å². The molecule has 5 rings (SSSR count).